The smallest absolute Gasteiger partial charge is 0.138 e. The van der Waals surface area contributed by atoms with E-state index in [9.17, 15) is 5.11 Å². The highest BCUT2D eigenvalue weighted by Crippen LogP contribution is 2.33. The fourth-order valence-corrected chi connectivity index (χ4v) is 3.08. The van der Waals surface area contributed by atoms with E-state index in [0.29, 0.717) is 12.5 Å². The zero-order valence-corrected chi connectivity index (χ0v) is 13.5. The monoisotopic (exact) mass is 314 g/mol. The Morgan fingerprint density at radius 2 is 1.96 bits per heavy atom. The second-order valence-electron chi connectivity index (χ2n) is 5.84. The number of hydrogen-bond donors (Lipinski definition) is 1. The van der Waals surface area contributed by atoms with Crippen LogP contribution < -0.4 is 9.47 Å². The zero-order valence-electron chi connectivity index (χ0n) is 13.5. The summed E-state index contributed by atoms with van der Waals surface area (Å²) >= 11 is 0. The molecule has 1 aliphatic heterocycles. The van der Waals surface area contributed by atoms with Crippen LogP contribution in [0.5, 0.6) is 17.2 Å². The summed E-state index contributed by atoms with van der Waals surface area (Å²) in [5.41, 5.74) is 1.96. The van der Waals surface area contributed by atoms with Crippen LogP contribution in [0, 0.1) is 0 Å². The van der Waals surface area contributed by atoms with E-state index >= 15 is 0 Å². The molecule has 5 heteroatoms. The molecule has 1 fully saturated rings. The van der Waals surface area contributed by atoms with Gasteiger partial charge in [0, 0.05) is 25.4 Å². The third kappa shape index (κ3) is 3.56. The molecule has 1 aromatic carbocycles. The van der Waals surface area contributed by atoms with Crippen LogP contribution in [0.25, 0.3) is 0 Å². The van der Waals surface area contributed by atoms with Gasteiger partial charge in [0.25, 0.3) is 0 Å². The molecule has 1 aliphatic rings. The molecule has 3 rings (SSSR count). The summed E-state index contributed by atoms with van der Waals surface area (Å²) in [6.07, 6.45) is 2.79. The second-order valence-corrected chi connectivity index (χ2v) is 5.84. The molecule has 122 valence electrons. The third-order valence-electron chi connectivity index (χ3n) is 4.36. The molecule has 0 bridgehead atoms. The van der Waals surface area contributed by atoms with Gasteiger partial charge in [-0.25, -0.2) is 0 Å². The Morgan fingerprint density at radius 3 is 2.61 bits per heavy atom. The van der Waals surface area contributed by atoms with Gasteiger partial charge in [0.1, 0.15) is 17.2 Å². The molecule has 1 atom stereocenters. The van der Waals surface area contributed by atoms with Gasteiger partial charge in [0.05, 0.1) is 19.9 Å². The van der Waals surface area contributed by atoms with Crippen LogP contribution in [-0.2, 0) is 6.54 Å². The van der Waals surface area contributed by atoms with E-state index in [-0.39, 0.29) is 5.75 Å². The summed E-state index contributed by atoms with van der Waals surface area (Å²) in [6, 6.07) is 9.48. The molecule has 1 unspecified atom stereocenters. The van der Waals surface area contributed by atoms with Crippen molar-refractivity contribution in [2.75, 3.05) is 27.3 Å². The number of likely N-dealkylation sites (tertiary alicyclic amines) is 1. The molecule has 23 heavy (non-hydrogen) atoms. The quantitative estimate of drug-likeness (QED) is 0.919. The predicted molar refractivity (Wildman–Crippen MR) is 88.1 cm³/mol. The molecular formula is C18H22N2O3. The lowest BCUT2D eigenvalue weighted by Gasteiger charge is -2.17. The topological polar surface area (TPSA) is 54.8 Å². The third-order valence-corrected chi connectivity index (χ3v) is 4.36. The normalized spacial score (nSPS) is 18.1. The van der Waals surface area contributed by atoms with Gasteiger partial charge in [-0.2, -0.15) is 0 Å². The summed E-state index contributed by atoms with van der Waals surface area (Å²) in [4.78, 5) is 6.58. The lowest BCUT2D eigenvalue weighted by molar-refractivity contribution is 0.314. The minimum absolute atomic E-state index is 0.263. The van der Waals surface area contributed by atoms with Gasteiger partial charge >= 0.3 is 0 Å². The second kappa shape index (κ2) is 6.87. The molecule has 5 nitrogen and oxygen atoms in total. The highest BCUT2D eigenvalue weighted by molar-refractivity contribution is 5.40. The molecule has 1 aromatic heterocycles. The van der Waals surface area contributed by atoms with E-state index in [0.717, 1.165) is 36.7 Å². The highest BCUT2D eigenvalue weighted by atomic mass is 16.5. The van der Waals surface area contributed by atoms with Crippen molar-refractivity contribution in [1.29, 1.82) is 0 Å². The fraction of sp³-hybridized carbons (Fsp3) is 0.389. The van der Waals surface area contributed by atoms with Crippen molar-refractivity contribution in [3.05, 3.63) is 47.8 Å². The maximum atomic E-state index is 9.87. The van der Waals surface area contributed by atoms with Gasteiger partial charge in [-0.3, -0.25) is 9.88 Å². The first-order chi connectivity index (χ1) is 11.2. The van der Waals surface area contributed by atoms with Gasteiger partial charge < -0.3 is 14.6 Å². The Labute approximate surface area is 136 Å². The van der Waals surface area contributed by atoms with Gasteiger partial charge in [-0.1, -0.05) is 0 Å². The fourth-order valence-electron chi connectivity index (χ4n) is 3.08. The maximum absolute atomic E-state index is 9.87. The molecule has 1 saturated heterocycles. The number of ether oxygens (including phenoxy) is 2. The standard InChI is InChI=1S/C18H22N2O3/c1-22-15-8-14(9-16(10-15)23-2)13-5-7-20(11-13)12-17-18(21)4-3-6-19-17/h3-4,6,8-10,13,21H,5,7,11-12H2,1-2H3. The number of pyridine rings is 1. The molecule has 0 saturated carbocycles. The number of hydrogen-bond acceptors (Lipinski definition) is 5. The molecule has 2 heterocycles. The number of aromatic nitrogens is 1. The summed E-state index contributed by atoms with van der Waals surface area (Å²) < 4.78 is 10.7. The van der Waals surface area contributed by atoms with Gasteiger partial charge in [-0.05, 0) is 48.7 Å². The highest BCUT2D eigenvalue weighted by Gasteiger charge is 2.25. The van der Waals surface area contributed by atoms with Crippen LogP contribution in [0.15, 0.2) is 36.5 Å². The first kappa shape index (κ1) is 15.6. The molecule has 0 amide bonds. The van der Waals surface area contributed by atoms with Crippen LogP contribution in [0.1, 0.15) is 23.6 Å². The predicted octanol–water partition coefficient (Wildman–Crippen LogP) is 2.79. The number of rotatable bonds is 5. The number of benzene rings is 1. The summed E-state index contributed by atoms with van der Waals surface area (Å²) in [5, 5.41) is 9.87. The average molecular weight is 314 g/mol. The first-order valence-corrected chi connectivity index (χ1v) is 7.77. The molecule has 0 aliphatic carbocycles. The summed E-state index contributed by atoms with van der Waals surface area (Å²) in [6.45, 7) is 2.59. The summed E-state index contributed by atoms with van der Waals surface area (Å²) in [5.74, 6) is 2.34. The van der Waals surface area contributed by atoms with Crippen LogP contribution >= 0.6 is 0 Å². The maximum Gasteiger partial charge on any atom is 0.138 e. The van der Waals surface area contributed by atoms with E-state index in [4.69, 9.17) is 9.47 Å². The van der Waals surface area contributed by atoms with E-state index in [1.165, 1.54) is 5.56 Å². The Balaban J connectivity index is 1.71. The number of methoxy groups -OCH3 is 2. The minimum atomic E-state index is 0.263. The van der Waals surface area contributed by atoms with Crippen molar-refractivity contribution in [3.8, 4) is 17.2 Å². The Morgan fingerprint density at radius 1 is 1.22 bits per heavy atom. The van der Waals surface area contributed by atoms with Gasteiger partial charge in [-0.15, -0.1) is 0 Å². The number of nitrogens with zero attached hydrogens (tertiary/aromatic N) is 2. The average Bonchev–Trinajstić information content (AvgIpc) is 3.05. The molecule has 2 aromatic rings. The van der Waals surface area contributed by atoms with Gasteiger partial charge in [0.15, 0.2) is 0 Å². The van der Waals surface area contributed by atoms with Crippen LogP contribution in [0.2, 0.25) is 0 Å². The van der Waals surface area contributed by atoms with E-state index in [1.54, 1.807) is 32.5 Å². The molecule has 0 spiro atoms. The Hall–Kier alpha value is -2.27. The van der Waals surface area contributed by atoms with Gasteiger partial charge in [0.2, 0.25) is 0 Å². The lowest BCUT2D eigenvalue weighted by Crippen LogP contribution is -2.20. The Bertz CT molecular complexity index is 653. The minimum Gasteiger partial charge on any atom is -0.506 e. The van der Waals surface area contributed by atoms with Crippen molar-refractivity contribution < 1.29 is 14.6 Å². The van der Waals surface area contributed by atoms with Crippen molar-refractivity contribution in [2.24, 2.45) is 0 Å². The van der Waals surface area contributed by atoms with Crippen molar-refractivity contribution in [1.82, 2.24) is 9.88 Å². The number of aromatic hydroxyl groups is 1. The first-order valence-electron chi connectivity index (χ1n) is 7.77. The molecule has 1 N–H and O–H groups in total. The van der Waals surface area contributed by atoms with Crippen molar-refractivity contribution in [2.45, 2.75) is 18.9 Å². The van der Waals surface area contributed by atoms with E-state index in [2.05, 4.69) is 22.0 Å². The van der Waals surface area contributed by atoms with E-state index < -0.39 is 0 Å². The lowest BCUT2D eigenvalue weighted by atomic mass is 9.98. The van der Waals surface area contributed by atoms with Crippen LogP contribution in [-0.4, -0.2) is 42.3 Å². The van der Waals surface area contributed by atoms with E-state index in [1.807, 2.05) is 6.07 Å². The molecule has 0 radical (unpaired) electrons. The zero-order chi connectivity index (χ0) is 16.2. The summed E-state index contributed by atoms with van der Waals surface area (Å²) in [7, 11) is 3.34. The SMILES string of the molecule is COc1cc(OC)cc(C2CCN(Cc3ncccc3O)C2)c1. The molecular weight excluding hydrogens is 292 g/mol. The van der Waals surface area contributed by atoms with Crippen molar-refractivity contribution in [3.63, 3.8) is 0 Å². The Kier molecular flexibility index (Phi) is 4.67. The largest absolute Gasteiger partial charge is 0.506 e. The van der Waals surface area contributed by atoms with Crippen LogP contribution in [0.3, 0.4) is 0 Å². The van der Waals surface area contributed by atoms with Crippen molar-refractivity contribution >= 4 is 0 Å². The van der Waals surface area contributed by atoms with Crippen LogP contribution in [0.4, 0.5) is 0 Å².